The van der Waals surface area contributed by atoms with Crippen LogP contribution in [-0.2, 0) is 4.79 Å². The van der Waals surface area contributed by atoms with Gasteiger partial charge in [-0.2, -0.15) is 0 Å². The molecule has 1 amide bonds. The van der Waals surface area contributed by atoms with E-state index in [1.54, 1.807) is 0 Å². The lowest BCUT2D eigenvalue weighted by Gasteiger charge is -2.38. The first kappa shape index (κ1) is 7.95. The van der Waals surface area contributed by atoms with E-state index in [9.17, 15) is 13.6 Å². The third kappa shape index (κ3) is 0.934. The predicted octanol–water partition coefficient (Wildman–Crippen LogP) is 1.12. The van der Waals surface area contributed by atoms with Crippen LogP contribution in [-0.4, -0.2) is 29.8 Å². The first-order chi connectivity index (χ1) is 5.50. The minimum atomic E-state index is -2.51. The number of likely N-dealkylation sites (tertiary alicyclic amines) is 1. The van der Waals surface area contributed by atoms with Crippen LogP contribution in [0.5, 0.6) is 0 Å². The lowest BCUT2D eigenvalue weighted by atomic mass is 9.72. The molecule has 1 saturated carbocycles. The molecule has 12 heavy (non-hydrogen) atoms. The Labute approximate surface area is 69.5 Å². The minimum absolute atomic E-state index is 0.0263. The largest absolute Gasteiger partial charge is 0.342 e. The van der Waals surface area contributed by atoms with Gasteiger partial charge in [0, 0.05) is 32.4 Å². The number of rotatable bonds is 0. The second-order valence-corrected chi connectivity index (χ2v) is 3.76. The number of amides is 1. The molecule has 68 valence electrons. The Kier molecular flexibility index (Phi) is 1.44. The Morgan fingerprint density at radius 1 is 1.50 bits per heavy atom. The van der Waals surface area contributed by atoms with Gasteiger partial charge in [0.1, 0.15) is 0 Å². The van der Waals surface area contributed by atoms with Gasteiger partial charge in [-0.3, -0.25) is 4.79 Å². The summed E-state index contributed by atoms with van der Waals surface area (Å²) in [6.07, 6.45) is -0.0263. The first-order valence-corrected chi connectivity index (χ1v) is 4.14. The molecule has 0 N–H and O–H groups in total. The van der Waals surface area contributed by atoms with Crippen molar-refractivity contribution in [1.29, 1.82) is 0 Å². The van der Waals surface area contributed by atoms with Crippen molar-refractivity contribution < 1.29 is 13.6 Å². The fraction of sp³-hybridized carbons (Fsp3) is 0.875. The van der Waals surface area contributed by atoms with Crippen molar-refractivity contribution in [2.24, 2.45) is 11.8 Å². The van der Waals surface area contributed by atoms with Crippen molar-refractivity contribution in [3.05, 3.63) is 0 Å². The van der Waals surface area contributed by atoms with E-state index in [2.05, 4.69) is 0 Å². The van der Waals surface area contributed by atoms with E-state index < -0.39 is 11.8 Å². The van der Waals surface area contributed by atoms with Gasteiger partial charge >= 0.3 is 0 Å². The second kappa shape index (κ2) is 2.18. The molecule has 2 nitrogen and oxygen atoms in total. The van der Waals surface area contributed by atoms with Gasteiger partial charge in [-0.05, 0) is 5.92 Å². The summed E-state index contributed by atoms with van der Waals surface area (Å²) in [6, 6.07) is 0. The first-order valence-electron chi connectivity index (χ1n) is 4.14. The number of fused-ring (bicyclic) bond motifs is 1. The Balaban J connectivity index is 2.04. The Bertz CT molecular complexity index is 229. The average Bonchev–Trinajstić information content (AvgIpc) is 2.27. The number of hydrogen-bond acceptors (Lipinski definition) is 1. The van der Waals surface area contributed by atoms with Crippen LogP contribution >= 0.6 is 0 Å². The highest BCUT2D eigenvalue weighted by Crippen LogP contribution is 2.51. The summed E-state index contributed by atoms with van der Waals surface area (Å²) >= 11 is 0. The number of nitrogens with zero attached hydrogens (tertiary/aromatic N) is 1. The standard InChI is InChI=1S/C8H11F2NO/c1-5(12)11-3-6-2-8(9,10)7(6)4-11/h6-7H,2-4H2,1H3. The van der Waals surface area contributed by atoms with Gasteiger partial charge in [-0.15, -0.1) is 0 Å². The van der Waals surface area contributed by atoms with Gasteiger partial charge in [0.05, 0.1) is 0 Å². The second-order valence-electron chi connectivity index (χ2n) is 3.76. The summed E-state index contributed by atoms with van der Waals surface area (Å²) < 4.78 is 25.6. The van der Waals surface area contributed by atoms with Crippen LogP contribution in [0.15, 0.2) is 0 Å². The monoisotopic (exact) mass is 175 g/mol. The lowest BCUT2D eigenvalue weighted by molar-refractivity contribution is -0.152. The maximum atomic E-state index is 12.8. The maximum Gasteiger partial charge on any atom is 0.253 e. The normalized spacial score (nSPS) is 37.4. The lowest BCUT2D eigenvalue weighted by Crippen LogP contribution is -2.46. The highest BCUT2D eigenvalue weighted by Gasteiger charge is 2.59. The molecule has 1 aliphatic carbocycles. The van der Waals surface area contributed by atoms with Crippen molar-refractivity contribution >= 4 is 5.91 Å². The summed E-state index contributed by atoms with van der Waals surface area (Å²) in [7, 11) is 0. The smallest absolute Gasteiger partial charge is 0.253 e. The summed E-state index contributed by atoms with van der Waals surface area (Å²) in [4.78, 5) is 12.4. The molecule has 0 spiro atoms. The van der Waals surface area contributed by atoms with Crippen LogP contribution in [0.4, 0.5) is 8.78 Å². The fourth-order valence-electron chi connectivity index (χ4n) is 2.15. The fourth-order valence-corrected chi connectivity index (χ4v) is 2.15. The molecule has 2 fully saturated rings. The Hall–Kier alpha value is -0.670. The zero-order chi connectivity index (χ0) is 8.93. The van der Waals surface area contributed by atoms with E-state index in [1.807, 2.05) is 0 Å². The van der Waals surface area contributed by atoms with Crippen LogP contribution in [0.3, 0.4) is 0 Å². The molecular weight excluding hydrogens is 164 g/mol. The molecule has 4 heteroatoms. The molecule has 2 aliphatic rings. The van der Waals surface area contributed by atoms with Gasteiger partial charge in [0.25, 0.3) is 5.92 Å². The van der Waals surface area contributed by atoms with Crippen LogP contribution in [0, 0.1) is 11.8 Å². The highest BCUT2D eigenvalue weighted by molar-refractivity contribution is 5.73. The van der Waals surface area contributed by atoms with E-state index in [1.165, 1.54) is 11.8 Å². The molecule has 0 aromatic heterocycles. The van der Waals surface area contributed by atoms with Crippen molar-refractivity contribution in [2.75, 3.05) is 13.1 Å². The van der Waals surface area contributed by atoms with Crippen molar-refractivity contribution in [3.63, 3.8) is 0 Å². The molecule has 0 radical (unpaired) electrons. The van der Waals surface area contributed by atoms with Crippen molar-refractivity contribution in [2.45, 2.75) is 19.3 Å². The Morgan fingerprint density at radius 2 is 2.17 bits per heavy atom. The summed E-state index contributed by atoms with van der Waals surface area (Å²) in [5.74, 6) is -3.08. The van der Waals surface area contributed by atoms with E-state index >= 15 is 0 Å². The predicted molar refractivity (Wildman–Crippen MR) is 38.8 cm³/mol. The summed E-state index contributed by atoms with van der Waals surface area (Å²) in [5, 5.41) is 0. The third-order valence-corrected chi connectivity index (χ3v) is 2.96. The molecule has 0 aromatic rings. The van der Waals surface area contributed by atoms with Gasteiger partial charge in [0.2, 0.25) is 5.91 Å². The number of hydrogen-bond donors (Lipinski definition) is 0. The van der Waals surface area contributed by atoms with Gasteiger partial charge in [-0.25, -0.2) is 8.78 Å². The number of alkyl halides is 2. The van der Waals surface area contributed by atoms with Gasteiger partial charge in [-0.1, -0.05) is 0 Å². The molecular formula is C8H11F2NO. The van der Waals surface area contributed by atoms with E-state index in [0.29, 0.717) is 6.54 Å². The minimum Gasteiger partial charge on any atom is -0.342 e. The van der Waals surface area contributed by atoms with Crippen molar-refractivity contribution in [3.8, 4) is 0 Å². The van der Waals surface area contributed by atoms with Gasteiger partial charge in [0.15, 0.2) is 0 Å². The topological polar surface area (TPSA) is 20.3 Å². The van der Waals surface area contributed by atoms with Crippen molar-refractivity contribution in [1.82, 2.24) is 4.90 Å². The zero-order valence-corrected chi connectivity index (χ0v) is 6.89. The SMILES string of the molecule is CC(=O)N1CC2CC(F)(F)C2C1. The third-order valence-electron chi connectivity index (χ3n) is 2.96. The number of carbonyl (C=O) groups is 1. The molecule has 1 saturated heterocycles. The highest BCUT2D eigenvalue weighted by atomic mass is 19.3. The molecule has 0 bridgehead atoms. The van der Waals surface area contributed by atoms with E-state index in [-0.39, 0.29) is 24.8 Å². The molecule has 0 aromatic carbocycles. The molecule has 2 unspecified atom stereocenters. The zero-order valence-electron chi connectivity index (χ0n) is 6.89. The molecule has 2 rings (SSSR count). The van der Waals surface area contributed by atoms with Crippen LogP contribution < -0.4 is 0 Å². The number of carbonyl (C=O) groups excluding carboxylic acids is 1. The average molecular weight is 175 g/mol. The molecule has 1 aliphatic heterocycles. The number of halogens is 2. The van der Waals surface area contributed by atoms with E-state index in [4.69, 9.17) is 0 Å². The quantitative estimate of drug-likeness (QED) is 0.540. The Morgan fingerprint density at radius 3 is 2.58 bits per heavy atom. The summed E-state index contributed by atoms with van der Waals surface area (Å²) in [5.41, 5.74) is 0. The molecule has 2 atom stereocenters. The van der Waals surface area contributed by atoms with Crippen LogP contribution in [0.25, 0.3) is 0 Å². The van der Waals surface area contributed by atoms with Gasteiger partial charge < -0.3 is 4.90 Å². The van der Waals surface area contributed by atoms with Crippen LogP contribution in [0.1, 0.15) is 13.3 Å². The van der Waals surface area contributed by atoms with Crippen LogP contribution in [0.2, 0.25) is 0 Å². The van der Waals surface area contributed by atoms with E-state index in [0.717, 1.165) is 0 Å². The molecule has 1 heterocycles. The maximum absolute atomic E-state index is 12.8. The summed E-state index contributed by atoms with van der Waals surface area (Å²) in [6.45, 7) is 2.23.